The molecule has 1 aromatic heterocycles. The van der Waals surface area contributed by atoms with Gasteiger partial charge in [0.1, 0.15) is 0 Å². The van der Waals surface area contributed by atoms with Crippen molar-refractivity contribution in [2.45, 2.75) is 37.5 Å². The molecule has 6 heteroatoms. The topological polar surface area (TPSA) is 84.3 Å². The van der Waals surface area contributed by atoms with Crippen LogP contribution in [0.3, 0.4) is 0 Å². The van der Waals surface area contributed by atoms with Crippen LogP contribution in [0.4, 0.5) is 0 Å². The summed E-state index contributed by atoms with van der Waals surface area (Å²) in [5.41, 5.74) is 1.30. The van der Waals surface area contributed by atoms with Crippen LogP contribution >= 0.6 is 0 Å². The van der Waals surface area contributed by atoms with E-state index in [1.807, 2.05) is 0 Å². The third kappa shape index (κ3) is 1.54. The number of aromatic amines is 1. The number of nitrogens with one attached hydrogen (secondary N) is 1. The van der Waals surface area contributed by atoms with Crippen LogP contribution in [0.1, 0.15) is 35.7 Å². The normalized spacial score (nSPS) is 28.3. The number of carbonyl (C=O) groups is 1. The quantitative estimate of drug-likeness (QED) is 0.869. The van der Waals surface area contributed by atoms with Gasteiger partial charge in [-0.2, -0.15) is 0 Å². The highest BCUT2D eigenvalue weighted by atomic mass is 16.5. The Hall–Kier alpha value is -2.08. The Balaban J connectivity index is 1.85. The Morgan fingerprint density at radius 1 is 1.40 bits per heavy atom. The van der Waals surface area contributed by atoms with Crippen molar-refractivity contribution in [1.29, 1.82) is 0 Å². The van der Waals surface area contributed by atoms with E-state index in [2.05, 4.69) is 4.98 Å². The van der Waals surface area contributed by atoms with Crippen molar-refractivity contribution in [3.63, 3.8) is 0 Å². The van der Waals surface area contributed by atoms with Crippen molar-refractivity contribution in [3.05, 3.63) is 34.2 Å². The van der Waals surface area contributed by atoms with Crippen LogP contribution in [-0.2, 0) is 4.74 Å². The van der Waals surface area contributed by atoms with Crippen molar-refractivity contribution < 1.29 is 14.6 Å². The molecule has 2 fully saturated rings. The van der Waals surface area contributed by atoms with Gasteiger partial charge in [-0.05, 0) is 37.5 Å². The van der Waals surface area contributed by atoms with Gasteiger partial charge in [0.2, 0.25) is 0 Å². The molecule has 2 aliphatic heterocycles. The number of ether oxygens (including phenoxy) is 1. The first-order valence-corrected chi connectivity index (χ1v) is 6.76. The summed E-state index contributed by atoms with van der Waals surface area (Å²) in [6.45, 7) is 0. The van der Waals surface area contributed by atoms with Gasteiger partial charge in [-0.1, -0.05) is 0 Å². The number of rotatable bonds is 2. The number of aromatic nitrogens is 2. The smallest absolute Gasteiger partial charge is 0.335 e. The Morgan fingerprint density at radius 3 is 2.90 bits per heavy atom. The summed E-state index contributed by atoms with van der Waals surface area (Å²) in [7, 11) is 0. The van der Waals surface area contributed by atoms with E-state index in [0.29, 0.717) is 5.52 Å². The summed E-state index contributed by atoms with van der Waals surface area (Å²) in [6, 6.07) is 4.79. The average Bonchev–Trinajstić information content (AvgIpc) is 3.09. The molecule has 1 aromatic carbocycles. The van der Waals surface area contributed by atoms with Gasteiger partial charge in [-0.15, -0.1) is 0 Å². The lowest BCUT2D eigenvalue weighted by Gasteiger charge is -2.20. The molecule has 4 rings (SSSR count). The molecule has 2 bridgehead atoms. The van der Waals surface area contributed by atoms with Crippen LogP contribution in [0.5, 0.6) is 0 Å². The number of fused-ring (bicyclic) bond motifs is 3. The van der Waals surface area contributed by atoms with Crippen molar-refractivity contribution in [3.8, 4) is 0 Å². The van der Waals surface area contributed by atoms with Gasteiger partial charge in [0.25, 0.3) is 0 Å². The number of carboxylic acid groups (broad SMARTS) is 1. The number of imidazole rings is 1. The van der Waals surface area contributed by atoms with Crippen LogP contribution in [0, 0.1) is 0 Å². The number of nitrogens with zero attached hydrogens (tertiary/aromatic N) is 1. The fourth-order valence-electron chi connectivity index (χ4n) is 3.48. The van der Waals surface area contributed by atoms with Crippen LogP contribution in [0.25, 0.3) is 11.0 Å². The summed E-state index contributed by atoms with van der Waals surface area (Å²) >= 11 is 0. The molecule has 2 N–H and O–H groups in total. The molecule has 20 heavy (non-hydrogen) atoms. The molecule has 0 saturated carbocycles. The Bertz CT molecular complexity index is 760. The molecule has 0 amide bonds. The third-order valence-corrected chi connectivity index (χ3v) is 4.37. The average molecular weight is 274 g/mol. The number of aromatic carboxylic acids is 1. The number of carboxylic acids is 1. The van der Waals surface area contributed by atoms with Gasteiger partial charge in [-0.3, -0.25) is 4.57 Å². The first-order valence-electron chi connectivity index (χ1n) is 6.76. The lowest BCUT2D eigenvalue weighted by molar-refractivity contribution is 0.0697. The molecule has 0 spiro atoms. The lowest BCUT2D eigenvalue weighted by atomic mass is 9.95. The summed E-state index contributed by atoms with van der Waals surface area (Å²) in [4.78, 5) is 25.9. The molecule has 3 atom stereocenters. The Kier molecular flexibility index (Phi) is 2.32. The van der Waals surface area contributed by atoms with E-state index in [1.54, 1.807) is 10.6 Å². The highest BCUT2D eigenvalue weighted by Gasteiger charge is 2.42. The summed E-state index contributed by atoms with van der Waals surface area (Å²) in [5.74, 6) is -0.997. The Labute approximate surface area is 114 Å². The third-order valence-electron chi connectivity index (χ3n) is 4.37. The highest BCUT2D eigenvalue weighted by Crippen LogP contribution is 2.41. The lowest BCUT2D eigenvalue weighted by Crippen LogP contribution is -2.28. The van der Waals surface area contributed by atoms with E-state index in [1.165, 1.54) is 12.1 Å². The number of H-pyrrole nitrogens is 1. The van der Waals surface area contributed by atoms with E-state index in [9.17, 15) is 9.59 Å². The van der Waals surface area contributed by atoms with Gasteiger partial charge >= 0.3 is 11.7 Å². The zero-order chi connectivity index (χ0) is 13.9. The first kappa shape index (κ1) is 11.7. The molecular formula is C14H14N2O4. The second kappa shape index (κ2) is 3.96. The predicted molar refractivity (Wildman–Crippen MR) is 71.1 cm³/mol. The minimum atomic E-state index is -0.997. The minimum absolute atomic E-state index is 0.0608. The van der Waals surface area contributed by atoms with Crippen LogP contribution < -0.4 is 5.69 Å². The first-order chi connectivity index (χ1) is 9.63. The van der Waals surface area contributed by atoms with Crippen LogP contribution in [0.2, 0.25) is 0 Å². The summed E-state index contributed by atoms with van der Waals surface area (Å²) < 4.78 is 7.53. The highest BCUT2D eigenvalue weighted by molar-refractivity contribution is 5.92. The SMILES string of the molecule is O=C(O)c1ccc2c(c1)[nH]c(=O)n2C1CC2CCC1O2. The molecule has 2 aromatic rings. The van der Waals surface area contributed by atoms with Gasteiger partial charge in [0, 0.05) is 0 Å². The molecule has 104 valence electrons. The van der Waals surface area contributed by atoms with E-state index in [4.69, 9.17) is 9.84 Å². The molecule has 6 nitrogen and oxygen atoms in total. The monoisotopic (exact) mass is 274 g/mol. The van der Waals surface area contributed by atoms with E-state index >= 15 is 0 Å². The van der Waals surface area contributed by atoms with Crippen LogP contribution in [-0.4, -0.2) is 32.8 Å². The van der Waals surface area contributed by atoms with Gasteiger partial charge in [-0.25, -0.2) is 9.59 Å². The van der Waals surface area contributed by atoms with Crippen molar-refractivity contribution in [2.24, 2.45) is 0 Å². The summed E-state index contributed by atoms with van der Waals surface area (Å²) in [6.07, 6.45) is 3.29. The number of benzene rings is 1. The molecule has 0 aliphatic carbocycles. The van der Waals surface area contributed by atoms with Gasteiger partial charge < -0.3 is 14.8 Å². The maximum absolute atomic E-state index is 12.2. The molecule has 2 aliphatic rings. The van der Waals surface area contributed by atoms with Crippen molar-refractivity contribution in [2.75, 3.05) is 0 Å². The van der Waals surface area contributed by atoms with Crippen LogP contribution in [0.15, 0.2) is 23.0 Å². The van der Waals surface area contributed by atoms with E-state index in [0.717, 1.165) is 24.8 Å². The Morgan fingerprint density at radius 2 is 2.25 bits per heavy atom. The molecule has 3 heterocycles. The largest absolute Gasteiger partial charge is 0.478 e. The van der Waals surface area contributed by atoms with Crippen molar-refractivity contribution in [1.82, 2.24) is 9.55 Å². The number of hydrogen-bond donors (Lipinski definition) is 2. The molecule has 2 saturated heterocycles. The maximum atomic E-state index is 12.2. The van der Waals surface area contributed by atoms with Gasteiger partial charge in [0.15, 0.2) is 0 Å². The fourth-order valence-corrected chi connectivity index (χ4v) is 3.48. The maximum Gasteiger partial charge on any atom is 0.335 e. The summed E-state index contributed by atoms with van der Waals surface area (Å²) in [5, 5.41) is 9.00. The van der Waals surface area contributed by atoms with Gasteiger partial charge in [0.05, 0.1) is 34.8 Å². The molecule has 0 radical (unpaired) electrons. The zero-order valence-electron chi connectivity index (χ0n) is 10.7. The molecule has 3 unspecified atom stereocenters. The number of hydrogen-bond acceptors (Lipinski definition) is 3. The van der Waals surface area contributed by atoms with Crippen molar-refractivity contribution >= 4 is 17.0 Å². The molecular weight excluding hydrogens is 260 g/mol. The second-order valence-corrected chi connectivity index (χ2v) is 5.51. The fraction of sp³-hybridized carbons (Fsp3) is 0.429. The predicted octanol–water partition coefficient (Wildman–Crippen LogP) is 1.52. The second-order valence-electron chi connectivity index (χ2n) is 5.51. The minimum Gasteiger partial charge on any atom is -0.478 e. The van der Waals surface area contributed by atoms with E-state index in [-0.39, 0.29) is 29.5 Å². The zero-order valence-corrected chi connectivity index (χ0v) is 10.7. The standard InChI is InChI=1S/C14H14N2O4/c17-13(18)7-1-3-10-9(5-7)15-14(19)16(10)11-6-8-2-4-12(11)20-8/h1,3,5,8,11-12H,2,4,6H2,(H,15,19)(H,17,18). The van der Waals surface area contributed by atoms with E-state index < -0.39 is 5.97 Å².